The Kier molecular flexibility index (Phi) is 4.46. The minimum absolute atomic E-state index is 0.103. The number of allylic oxidation sites excluding steroid dienone is 1. The molecule has 2 heteroatoms. The Morgan fingerprint density at radius 3 is 2.08 bits per heavy atom. The summed E-state index contributed by atoms with van der Waals surface area (Å²) in [6.07, 6.45) is 6.63. The van der Waals surface area contributed by atoms with Crippen molar-refractivity contribution >= 4 is 0 Å². The number of aliphatic hydroxyl groups excluding tert-OH is 2. The Morgan fingerprint density at radius 2 is 1.69 bits per heavy atom. The lowest BCUT2D eigenvalue weighted by Crippen LogP contribution is -2.26. The molecule has 0 aromatic carbocycles. The van der Waals surface area contributed by atoms with E-state index in [0.717, 1.165) is 12.8 Å². The maximum Gasteiger partial charge on any atom is 0.0483 e. The third kappa shape index (κ3) is 2.82. The maximum atomic E-state index is 9.02. The molecule has 1 saturated carbocycles. The molecule has 0 aromatic heterocycles. The van der Waals surface area contributed by atoms with E-state index >= 15 is 0 Å². The Labute approximate surface area is 80.3 Å². The van der Waals surface area contributed by atoms with Crippen LogP contribution in [-0.2, 0) is 0 Å². The van der Waals surface area contributed by atoms with Crippen molar-refractivity contribution in [3.8, 4) is 0 Å². The van der Waals surface area contributed by atoms with Crippen molar-refractivity contribution in [2.24, 2.45) is 17.8 Å². The zero-order valence-corrected chi connectivity index (χ0v) is 8.15. The Balaban J connectivity index is 2.34. The SMILES string of the molecule is C=C[C@H]1CC[C@H](C(CO)CO)CC1. The van der Waals surface area contributed by atoms with Gasteiger partial charge in [0.05, 0.1) is 0 Å². The van der Waals surface area contributed by atoms with Crippen LogP contribution in [-0.4, -0.2) is 23.4 Å². The van der Waals surface area contributed by atoms with Crippen molar-refractivity contribution in [2.45, 2.75) is 25.7 Å². The molecule has 0 unspecified atom stereocenters. The lowest BCUT2D eigenvalue weighted by molar-refractivity contribution is 0.0834. The van der Waals surface area contributed by atoms with E-state index < -0.39 is 0 Å². The molecule has 13 heavy (non-hydrogen) atoms. The van der Waals surface area contributed by atoms with Crippen molar-refractivity contribution in [1.82, 2.24) is 0 Å². The van der Waals surface area contributed by atoms with Gasteiger partial charge >= 0.3 is 0 Å². The average molecular weight is 184 g/mol. The summed E-state index contributed by atoms with van der Waals surface area (Å²) in [4.78, 5) is 0. The molecule has 0 spiro atoms. The fourth-order valence-electron chi connectivity index (χ4n) is 2.21. The first-order valence-electron chi connectivity index (χ1n) is 5.16. The second-order valence-electron chi connectivity index (χ2n) is 4.04. The average Bonchev–Trinajstić information content (AvgIpc) is 2.21. The molecule has 0 radical (unpaired) electrons. The van der Waals surface area contributed by atoms with Crippen LogP contribution >= 0.6 is 0 Å². The van der Waals surface area contributed by atoms with E-state index in [1.807, 2.05) is 6.08 Å². The van der Waals surface area contributed by atoms with Gasteiger partial charge in [-0.1, -0.05) is 6.08 Å². The topological polar surface area (TPSA) is 40.5 Å². The molecule has 0 heterocycles. The molecule has 76 valence electrons. The first-order chi connectivity index (χ1) is 6.31. The number of aliphatic hydroxyl groups is 2. The largest absolute Gasteiger partial charge is 0.396 e. The van der Waals surface area contributed by atoms with E-state index in [2.05, 4.69) is 6.58 Å². The first kappa shape index (κ1) is 10.7. The third-order valence-corrected chi connectivity index (χ3v) is 3.29. The van der Waals surface area contributed by atoms with Crippen molar-refractivity contribution in [1.29, 1.82) is 0 Å². The minimum Gasteiger partial charge on any atom is -0.396 e. The van der Waals surface area contributed by atoms with Crippen molar-refractivity contribution in [3.05, 3.63) is 12.7 Å². The molecule has 0 amide bonds. The van der Waals surface area contributed by atoms with Crippen LogP contribution in [0.2, 0.25) is 0 Å². The van der Waals surface area contributed by atoms with Gasteiger partial charge in [0.1, 0.15) is 0 Å². The minimum atomic E-state index is 0.103. The second kappa shape index (κ2) is 5.40. The van der Waals surface area contributed by atoms with Crippen molar-refractivity contribution in [2.75, 3.05) is 13.2 Å². The van der Waals surface area contributed by atoms with Gasteiger partial charge in [-0.05, 0) is 37.5 Å². The highest BCUT2D eigenvalue weighted by atomic mass is 16.3. The van der Waals surface area contributed by atoms with E-state index in [1.165, 1.54) is 12.8 Å². The van der Waals surface area contributed by atoms with E-state index in [0.29, 0.717) is 11.8 Å². The lowest BCUT2D eigenvalue weighted by Gasteiger charge is -2.30. The lowest BCUT2D eigenvalue weighted by atomic mass is 9.76. The van der Waals surface area contributed by atoms with Gasteiger partial charge in [0, 0.05) is 19.1 Å². The van der Waals surface area contributed by atoms with Gasteiger partial charge in [-0.3, -0.25) is 0 Å². The number of hydrogen-bond acceptors (Lipinski definition) is 2. The van der Waals surface area contributed by atoms with Gasteiger partial charge in [0.2, 0.25) is 0 Å². The second-order valence-corrected chi connectivity index (χ2v) is 4.04. The summed E-state index contributed by atoms with van der Waals surface area (Å²) < 4.78 is 0. The molecule has 0 atom stereocenters. The molecule has 1 aliphatic carbocycles. The molecule has 1 aliphatic rings. The van der Waals surface area contributed by atoms with Crippen LogP contribution in [0.5, 0.6) is 0 Å². The van der Waals surface area contributed by atoms with E-state index in [4.69, 9.17) is 10.2 Å². The van der Waals surface area contributed by atoms with Crippen LogP contribution in [0.3, 0.4) is 0 Å². The number of hydrogen-bond donors (Lipinski definition) is 2. The highest BCUT2D eigenvalue weighted by Crippen LogP contribution is 2.33. The van der Waals surface area contributed by atoms with Gasteiger partial charge in [-0.2, -0.15) is 0 Å². The molecule has 0 aliphatic heterocycles. The summed E-state index contributed by atoms with van der Waals surface area (Å²) in [6.45, 7) is 4.05. The summed E-state index contributed by atoms with van der Waals surface area (Å²) in [5, 5.41) is 18.0. The van der Waals surface area contributed by atoms with Crippen molar-refractivity contribution in [3.63, 3.8) is 0 Å². The smallest absolute Gasteiger partial charge is 0.0483 e. The predicted molar refractivity (Wildman–Crippen MR) is 53.3 cm³/mol. The van der Waals surface area contributed by atoms with E-state index in [1.54, 1.807) is 0 Å². The third-order valence-electron chi connectivity index (χ3n) is 3.29. The Morgan fingerprint density at radius 1 is 1.15 bits per heavy atom. The molecule has 0 saturated heterocycles. The van der Waals surface area contributed by atoms with E-state index in [9.17, 15) is 0 Å². The molecular weight excluding hydrogens is 164 g/mol. The fraction of sp³-hybridized carbons (Fsp3) is 0.818. The Bertz CT molecular complexity index is 144. The number of rotatable bonds is 4. The standard InChI is InChI=1S/C11H20O2/c1-2-9-3-5-10(6-4-9)11(7-12)8-13/h2,9-13H,1,3-8H2/t9-,10-. The van der Waals surface area contributed by atoms with Crippen LogP contribution in [0.4, 0.5) is 0 Å². The van der Waals surface area contributed by atoms with Crippen LogP contribution in [0.1, 0.15) is 25.7 Å². The monoisotopic (exact) mass is 184 g/mol. The maximum absolute atomic E-state index is 9.02. The first-order valence-corrected chi connectivity index (χ1v) is 5.16. The van der Waals surface area contributed by atoms with Gasteiger partial charge in [0.15, 0.2) is 0 Å². The molecule has 0 bridgehead atoms. The quantitative estimate of drug-likeness (QED) is 0.651. The molecule has 2 N–H and O–H groups in total. The summed E-state index contributed by atoms with van der Waals surface area (Å²) >= 11 is 0. The van der Waals surface area contributed by atoms with Crippen LogP contribution in [0, 0.1) is 17.8 Å². The summed E-state index contributed by atoms with van der Waals surface area (Å²) in [5.41, 5.74) is 0. The molecule has 2 nitrogen and oxygen atoms in total. The Hall–Kier alpha value is -0.340. The van der Waals surface area contributed by atoms with Crippen LogP contribution in [0.25, 0.3) is 0 Å². The van der Waals surface area contributed by atoms with Crippen LogP contribution < -0.4 is 0 Å². The molecule has 1 rings (SSSR count). The highest BCUT2D eigenvalue weighted by molar-refractivity contribution is 4.85. The van der Waals surface area contributed by atoms with Gasteiger partial charge in [-0.15, -0.1) is 6.58 Å². The van der Waals surface area contributed by atoms with Crippen molar-refractivity contribution < 1.29 is 10.2 Å². The zero-order valence-electron chi connectivity index (χ0n) is 8.15. The summed E-state index contributed by atoms with van der Waals surface area (Å²) in [6, 6.07) is 0. The normalized spacial score (nSPS) is 29.2. The zero-order chi connectivity index (χ0) is 9.68. The van der Waals surface area contributed by atoms with E-state index in [-0.39, 0.29) is 19.1 Å². The predicted octanol–water partition coefficient (Wildman–Crippen LogP) is 1.58. The van der Waals surface area contributed by atoms with Gasteiger partial charge in [-0.25, -0.2) is 0 Å². The highest BCUT2D eigenvalue weighted by Gasteiger charge is 2.25. The van der Waals surface area contributed by atoms with Crippen LogP contribution in [0.15, 0.2) is 12.7 Å². The molecule has 1 fully saturated rings. The van der Waals surface area contributed by atoms with Gasteiger partial charge in [0.25, 0.3) is 0 Å². The molecular formula is C11H20O2. The van der Waals surface area contributed by atoms with Gasteiger partial charge < -0.3 is 10.2 Å². The fourth-order valence-corrected chi connectivity index (χ4v) is 2.21. The summed E-state index contributed by atoms with van der Waals surface area (Å²) in [5.74, 6) is 1.28. The summed E-state index contributed by atoms with van der Waals surface area (Å²) in [7, 11) is 0. The molecule has 0 aromatic rings.